The third-order valence-corrected chi connectivity index (χ3v) is 5.42. The predicted molar refractivity (Wildman–Crippen MR) is 24.6 cm³/mol. The Hall–Kier alpha value is 0.520. The second kappa shape index (κ2) is 3.95. The average Bonchev–Trinajstić information content (AvgIpc) is 1.79. The minimum absolute atomic E-state index is 1.29. The van der Waals surface area contributed by atoms with E-state index in [0.29, 0.717) is 0 Å². The van der Waals surface area contributed by atoms with E-state index >= 15 is 0 Å². The maximum absolute atomic E-state index is 11.9. The number of alkyl halides is 9. The second-order valence-corrected chi connectivity index (χ2v) is 6.36. The summed E-state index contributed by atoms with van der Waals surface area (Å²) in [5.41, 5.74) is -5.04. The van der Waals surface area contributed by atoms with E-state index in [1.54, 1.807) is 0 Å². The fourth-order valence-electron chi connectivity index (χ4n) is 0.136. The topological polar surface area (TPSA) is 0 Å². The summed E-state index contributed by atoms with van der Waals surface area (Å²) in [7, 11) is -1.29. The van der Waals surface area contributed by atoms with Gasteiger partial charge in [-0.25, -0.2) is 0 Å². The Kier molecular flexibility index (Phi) is 4.10. The summed E-state index contributed by atoms with van der Waals surface area (Å²) in [4.78, 5) is 0. The van der Waals surface area contributed by atoms with Crippen molar-refractivity contribution in [3.8, 4) is 0 Å². The zero-order valence-electron chi connectivity index (χ0n) is 5.31. The van der Waals surface area contributed by atoms with Gasteiger partial charge in [0, 0.05) is 0 Å². The van der Waals surface area contributed by atoms with Gasteiger partial charge in [-0.1, -0.05) is 0 Å². The normalized spacial score (nSPS) is 15.1. The molecule has 0 unspecified atom stereocenters. The summed E-state index contributed by atoms with van der Waals surface area (Å²) >= 11 is -3.37. The Balaban J connectivity index is 4.21. The molecular weight excluding hydrogens is 347 g/mol. The van der Waals surface area contributed by atoms with Gasteiger partial charge in [-0.3, -0.25) is 0 Å². The molecule has 0 aromatic heterocycles. The number of rotatable bonds is 2. The molecule has 10 heteroatoms. The van der Waals surface area contributed by atoms with E-state index in [-0.39, 0.29) is 0 Å². The molecule has 0 aliphatic rings. The average molecular weight is 347 g/mol. The molecule has 0 spiro atoms. The van der Waals surface area contributed by atoms with Crippen LogP contribution < -0.4 is 19.8 Å². The minimum atomic E-state index is -5.89. The van der Waals surface area contributed by atoms with E-state index in [1.165, 1.54) is 0 Å². The standard InChI is InChI=1S/C3F8IS/c4-1(5,6)2(7,8)12-13-3(9,10)11/q-1. The van der Waals surface area contributed by atoms with Crippen molar-refractivity contribution in [2.45, 2.75) is 15.6 Å². The van der Waals surface area contributed by atoms with Gasteiger partial charge in [0.1, 0.15) is 0 Å². The first kappa shape index (κ1) is 13.5. The molecule has 0 fully saturated rings. The first-order chi connectivity index (χ1) is 5.46. The van der Waals surface area contributed by atoms with Gasteiger partial charge in [-0.2, -0.15) is 0 Å². The van der Waals surface area contributed by atoms with E-state index in [9.17, 15) is 35.1 Å². The van der Waals surface area contributed by atoms with Gasteiger partial charge in [0.15, 0.2) is 0 Å². The van der Waals surface area contributed by atoms with Gasteiger partial charge in [0.05, 0.1) is 0 Å². The molecule has 0 N–H and O–H groups in total. The van der Waals surface area contributed by atoms with Crippen LogP contribution in [-0.2, 0) is 0 Å². The summed E-state index contributed by atoms with van der Waals surface area (Å²) in [5, 5.41) is 0. The monoisotopic (exact) mass is 347 g/mol. The van der Waals surface area contributed by atoms with E-state index in [4.69, 9.17) is 0 Å². The molecule has 0 bridgehead atoms. The van der Waals surface area contributed by atoms with Gasteiger partial charge < -0.3 is 0 Å². The van der Waals surface area contributed by atoms with Crippen LogP contribution in [0.3, 0.4) is 0 Å². The van der Waals surface area contributed by atoms with Crippen molar-refractivity contribution in [3.63, 3.8) is 0 Å². The second-order valence-electron chi connectivity index (χ2n) is 1.60. The Morgan fingerprint density at radius 2 is 1.15 bits per heavy atom. The quantitative estimate of drug-likeness (QED) is 0.396. The molecule has 82 valence electrons. The van der Waals surface area contributed by atoms with Crippen LogP contribution in [0.15, 0.2) is 0 Å². The van der Waals surface area contributed by atoms with Crippen LogP contribution in [0.2, 0.25) is 0 Å². The van der Waals surface area contributed by atoms with Crippen LogP contribution in [0.5, 0.6) is 0 Å². The molecule has 0 amide bonds. The van der Waals surface area contributed by atoms with E-state index in [1.807, 2.05) is 0 Å². The van der Waals surface area contributed by atoms with Crippen LogP contribution in [0.25, 0.3) is 0 Å². The molecule has 0 nitrogen and oxygen atoms in total. The zero-order chi connectivity index (χ0) is 10.9. The number of halogens is 9. The van der Waals surface area contributed by atoms with Crippen molar-refractivity contribution in [1.82, 2.24) is 0 Å². The van der Waals surface area contributed by atoms with Crippen molar-refractivity contribution >= 4 is 8.93 Å². The molecule has 0 aliphatic carbocycles. The fourth-order valence-corrected chi connectivity index (χ4v) is 2.74. The van der Waals surface area contributed by atoms with Gasteiger partial charge in [0.2, 0.25) is 0 Å². The Labute approximate surface area is 79.7 Å². The van der Waals surface area contributed by atoms with Crippen LogP contribution in [0.1, 0.15) is 0 Å². The van der Waals surface area contributed by atoms with Crippen molar-refractivity contribution < 1.29 is 54.9 Å². The molecule has 0 saturated heterocycles. The summed E-state index contributed by atoms with van der Waals surface area (Å²) in [6, 6.07) is 0. The molecule has 0 rings (SSSR count). The van der Waals surface area contributed by atoms with Gasteiger partial charge in [-0.05, 0) is 0 Å². The Morgan fingerprint density at radius 3 is 1.38 bits per heavy atom. The zero-order valence-corrected chi connectivity index (χ0v) is 8.28. The molecule has 0 aliphatic heterocycles. The molecule has 0 atom stereocenters. The SMILES string of the molecule is FC(F)(F)S[I-]C(F)(F)C(F)(F)F. The van der Waals surface area contributed by atoms with Gasteiger partial charge in [0.25, 0.3) is 0 Å². The molecular formula is C3F8IS-. The maximum atomic E-state index is 11.9. The van der Waals surface area contributed by atoms with Crippen molar-refractivity contribution in [1.29, 1.82) is 0 Å². The molecule has 0 radical (unpaired) electrons. The summed E-state index contributed by atoms with van der Waals surface area (Å²) in [6.07, 6.45) is -5.89. The summed E-state index contributed by atoms with van der Waals surface area (Å²) in [6.45, 7) is 0. The Bertz CT molecular complexity index is 169. The first-order valence-corrected chi connectivity index (χ1v) is 6.75. The first-order valence-electron chi connectivity index (χ1n) is 2.31. The fraction of sp³-hybridized carbons (Fsp3) is 1.00. The number of hydrogen-bond donors (Lipinski definition) is 0. The van der Waals surface area contributed by atoms with Crippen molar-refractivity contribution in [2.24, 2.45) is 0 Å². The third-order valence-electron chi connectivity index (χ3n) is 0.544. The Morgan fingerprint density at radius 1 is 0.769 bits per heavy atom. The molecule has 0 aromatic rings. The van der Waals surface area contributed by atoms with Crippen molar-refractivity contribution in [3.05, 3.63) is 0 Å². The van der Waals surface area contributed by atoms with E-state index in [2.05, 4.69) is 0 Å². The number of hydrogen-bond acceptors (Lipinski definition) is 1. The predicted octanol–water partition coefficient (Wildman–Crippen LogP) is 0.399. The summed E-state index contributed by atoms with van der Waals surface area (Å²) in [5.74, 6) is 0. The van der Waals surface area contributed by atoms with Gasteiger partial charge in [-0.15, -0.1) is 0 Å². The third kappa shape index (κ3) is 5.08. The molecule has 0 aromatic carbocycles. The molecule has 0 heterocycles. The van der Waals surface area contributed by atoms with Crippen molar-refractivity contribution in [2.75, 3.05) is 0 Å². The summed E-state index contributed by atoms with van der Waals surface area (Å²) < 4.78 is 86.2. The van der Waals surface area contributed by atoms with Gasteiger partial charge >= 0.3 is 79.5 Å². The molecule has 13 heavy (non-hydrogen) atoms. The van der Waals surface area contributed by atoms with E-state index < -0.39 is 44.4 Å². The van der Waals surface area contributed by atoms with Crippen LogP contribution >= 0.6 is 8.93 Å². The van der Waals surface area contributed by atoms with E-state index in [0.717, 1.165) is 0 Å². The van der Waals surface area contributed by atoms with Crippen LogP contribution in [0.4, 0.5) is 35.1 Å². The van der Waals surface area contributed by atoms with Crippen LogP contribution in [-0.4, -0.2) is 15.6 Å². The molecule has 0 saturated carbocycles. The van der Waals surface area contributed by atoms with Crippen LogP contribution in [0, 0.1) is 0 Å².